The summed E-state index contributed by atoms with van der Waals surface area (Å²) in [7, 11) is 0. The van der Waals surface area contributed by atoms with Gasteiger partial charge in [0.05, 0.1) is 8.49 Å². The summed E-state index contributed by atoms with van der Waals surface area (Å²) in [6.07, 6.45) is 0.216. The fraction of sp³-hybridized carbons (Fsp3) is 0.143. The third-order valence-electron chi connectivity index (χ3n) is 2.99. The van der Waals surface area contributed by atoms with E-state index in [2.05, 4.69) is 0 Å². The van der Waals surface area contributed by atoms with Gasteiger partial charge in [-0.25, -0.2) is 4.39 Å². The average molecular weight is 386 g/mol. The van der Waals surface area contributed by atoms with Crippen molar-refractivity contribution in [1.29, 1.82) is 0 Å². The number of nitrogens with two attached hydrogens (primary N) is 1. The van der Waals surface area contributed by atoms with E-state index in [1.807, 2.05) is 30.3 Å². The molecule has 2 aromatic rings. The minimum atomic E-state index is -0.505. The molecule has 0 aliphatic carbocycles. The molecule has 6 heteroatoms. The van der Waals surface area contributed by atoms with Gasteiger partial charge in [0.2, 0.25) is 0 Å². The van der Waals surface area contributed by atoms with Crippen LogP contribution in [0.5, 0.6) is 0 Å². The van der Waals surface area contributed by atoms with E-state index in [0.717, 1.165) is 5.56 Å². The van der Waals surface area contributed by atoms with E-state index in [9.17, 15) is 14.5 Å². The number of hydrogen-bond acceptors (Lipinski definition) is 3. The molecule has 2 rings (SSSR count). The minimum Gasteiger partial charge on any atom is -0.324 e. The molecule has 0 saturated heterocycles. The lowest BCUT2D eigenvalue weighted by atomic mass is 9.98. The molecule has 0 saturated carbocycles. The van der Waals surface area contributed by atoms with Crippen LogP contribution >= 0.6 is 22.6 Å². The summed E-state index contributed by atoms with van der Waals surface area (Å²) in [5, 5.41) is 11.0. The SMILES string of the molecule is NC(Cc1cc(F)c(I)cc1[N+](=O)[O-])c1ccccc1. The summed E-state index contributed by atoms with van der Waals surface area (Å²) in [6, 6.07) is 11.3. The van der Waals surface area contributed by atoms with E-state index in [1.54, 1.807) is 22.6 Å². The first-order chi connectivity index (χ1) is 9.49. The zero-order valence-corrected chi connectivity index (χ0v) is 12.6. The van der Waals surface area contributed by atoms with Crippen molar-refractivity contribution in [3.05, 3.63) is 73.1 Å². The van der Waals surface area contributed by atoms with Crippen molar-refractivity contribution in [1.82, 2.24) is 0 Å². The van der Waals surface area contributed by atoms with Crippen LogP contribution in [0, 0.1) is 19.5 Å². The Morgan fingerprint density at radius 2 is 1.95 bits per heavy atom. The second-order valence-corrected chi connectivity index (χ2v) is 5.54. The lowest BCUT2D eigenvalue weighted by Gasteiger charge is -2.12. The van der Waals surface area contributed by atoms with Crippen molar-refractivity contribution in [2.45, 2.75) is 12.5 Å². The van der Waals surface area contributed by atoms with Crippen LogP contribution in [0.4, 0.5) is 10.1 Å². The number of halogens is 2. The maximum Gasteiger partial charge on any atom is 0.273 e. The fourth-order valence-corrected chi connectivity index (χ4v) is 2.42. The van der Waals surface area contributed by atoms with Crippen molar-refractivity contribution >= 4 is 28.3 Å². The summed E-state index contributed by atoms with van der Waals surface area (Å²) >= 11 is 1.73. The lowest BCUT2D eigenvalue weighted by molar-refractivity contribution is -0.385. The second-order valence-electron chi connectivity index (χ2n) is 4.37. The second kappa shape index (κ2) is 6.27. The monoisotopic (exact) mass is 386 g/mol. The topological polar surface area (TPSA) is 69.2 Å². The molecule has 0 bridgehead atoms. The third kappa shape index (κ3) is 3.31. The van der Waals surface area contributed by atoms with Gasteiger partial charge in [0.25, 0.3) is 5.69 Å². The molecule has 0 aliphatic heterocycles. The van der Waals surface area contributed by atoms with Gasteiger partial charge < -0.3 is 5.73 Å². The predicted molar refractivity (Wildman–Crippen MR) is 82.8 cm³/mol. The Morgan fingerprint density at radius 1 is 1.30 bits per heavy atom. The standard InChI is InChI=1S/C14H12FIN2O2/c15-11-6-10(14(18(19)20)8-12(11)16)7-13(17)9-4-2-1-3-5-9/h1-6,8,13H,7,17H2. The van der Waals surface area contributed by atoms with Crippen LogP contribution in [-0.2, 0) is 6.42 Å². The largest absolute Gasteiger partial charge is 0.324 e. The van der Waals surface area contributed by atoms with E-state index in [1.165, 1.54) is 12.1 Å². The first kappa shape index (κ1) is 14.9. The van der Waals surface area contributed by atoms with Gasteiger partial charge in [-0.1, -0.05) is 30.3 Å². The highest BCUT2D eigenvalue weighted by atomic mass is 127. The van der Waals surface area contributed by atoms with Gasteiger partial charge in [-0.2, -0.15) is 0 Å². The predicted octanol–water partition coefficient (Wildman–Crippen LogP) is 3.58. The molecule has 4 nitrogen and oxygen atoms in total. The summed E-state index contributed by atoms with van der Waals surface area (Å²) in [5.74, 6) is -0.466. The molecule has 0 aromatic heterocycles. The highest BCUT2D eigenvalue weighted by Gasteiger charge is 2.20. The van der Waals surface area contributed by atoms with Crippen LogP contribution in [0.2, 0.25) is 0 Å². The number of benzene rings is 2. The van der Waals surface area contributed by atoms with Gasteiger partial charge in [-0.15, -0.1) is 0 Å². The van der Waals surface area contributed by atoms with E-state index in [4.69, 9.17) is 5.73 Å². The average Bonchev–Trinajstić information content (AvgIpc) is 2.43. The fourth-order valence-electron chi connectivity index (χ4n) is 1.97. The Bertz CT molecular complexity index is 635. The minimum absolute atomic E-state index is 0.0952. The Balaban J connectivity index is 2.33. The van der Waals surface area contributed by atoms with Crippen LogP contribution in [0.3, 0.4) is 0 Å². The number of nitrogens with zero attached hydrogens (tertiary/aromatic N) is 1. The highest BCUT2D eigenvalue weighted by Crippen LogP contribution is 2.27. The van der Waals surface area contributed by atoms with Gasteiger partial charge in [0.15, 0.2) is 0 Å². The molecule has 0 radical (unpaired) electrons. The van der Waals surface area contributed by atoms with E-state index in [0.29, 0.717) is 5.56 Å². The van der Waals surface area contributed by atoms with Crippen LogP contribution in [0.15, 0.2) is 42.5 Å². The van der Waals surface area contributed by atoms with E-state index >= 15 is 0 Å². The van der Waals surface area contributed by atoms with E-state index in [-0.39, 0.29) is 15.7 Å². The number of nitro benzene ring substituents is 1. The maximum atomic E-state index is 13.6. The van der Waals surface area contributed by atoms with Crippen molar-refractivity contribution in [2.75, 3.05) is 0 Å². The summed E-state index contributed by atoms with van der Waals surface area (Å²) in [6.45, 7) is 0. The van der Waals surface area contributed by atoms with Crippen molar-refractivity contribution in [2.24, 2.45) is 5.73 Å². The first-order valence-corrected chi connectivity index (χ1v) is 6.99. The molecular formula is C14H12FIN2O2. The molecule has 0 heterocycles. The molecular weight excluding hydrogens is 374 g/mol. The van der Waals surface area contributed by atoms with Crippen LogP contribution in [-0.4, -0.2) is 4.92 Å². The molecule has 0 spiro atoms. The molecule has 1 atom stereocenters. The highest BCUT2D eigenvalue weighted by molar-refractivity contribution is 14.1. The van der Waals surface area contributed by atoms with E-state index < -0.39 is 16.8 Å². The molecule has 0 aliphatic rings. The Morgan fingerprint density at radius 3 is 2.55 bits per heavy atom. The van der Waals surface area contributed by atoms with Gasteiger partial charge in [0, 0.05) is 17.7 Å². The summed E-state index contributed by atoms with van der Waals surface area (Å²) in [4.78, 5) is 10.5. The zero-order valence-electron chi connectivity index (χ0n) is 10.4. The smallest absolute Gasteiger partial charge is 0.273 e. The number of nitro groups is 1. The zero-order chi connectivity index (χ0) is 14.7. The molecule has 104 valence electrons. The van der Waals surface area contributed by atoms with Crippen LogP contribution in [0.1, 0.15) is 17.2 Å². The molecule has 1 unspecified atom stereocenters. The Kier molecular flexibility index (Phi) is 4.66. The van der Waals surface area contributed by atoms with Gasteiger partial charge in [-0.05, 0) is 40.6 Å². The molecule has 0 amide bonds. The number of hydrogen-bond donors (Lipinski definition) is 1. The molecule has 2 aromatic carbocycles. The first-order valence-electron chi connectivity index (χ1n) is 5.92. The number of rotatable bonds is 4. The van der Waals surface area contributed by atoms with Crippen LogP contribution < -0.4 is 5.73 Å². The van der Waals surface area contributed by atoms with Crippen molar-refractivity contribution in [3.63, 3.8) is 0 Å². The van der Waals surface area contributed by atoms with Gasteiger partial charge in [0.1, 0.15) is 5.82 Å². The van der Waals surface area contributed by atoms with Gasteiger partial charge >= 0.3 is 0 Å². The molecule has 0 fully saturated rings. The Hall–Kier alpha value is -1.54. The quantitative estimate of drug-likeness (QED) is 0.496. The van der Waals surface area contributed by atoms with Gasteiger partial charge in [-0.3, -0.25) is 10.1 Å². The summed E-state index contributed by atoms with van der Waals surface area (Å²) < 4.78 is 13.8. The normalized spacial score (nSPS) is 12.2. The van der Waals surface area contributed by atoms with Crippen LogP contribution in [0.25, 0.3) is 0 Å². The molecule has 20 heavy (non-hydrogen) atoms. The van der Waals surface area contributed by atoms with Crippen molar-refractivity contribution < 1.29 is 9.31 Å². The Labute approximate surface area is 129 Å². The summed E-state index contributed by atoms with van der Waals surface area (Å²) in [5.41, 5.74) is 7.11. The van der Waals surface area contributed by atoms with Crippen molar-refractivity contribution in [3.8, 4) is 0 Å². The molecule has 2 N–H and O–H groups in total. The third-order valence-corrected chi connectivity index (χ3v) is 3.81. The maximum absolute atomic E-state index is 13.6. The lowest BCUT2D eigenvalue weighted by Crippen LogP contribution is -2.14.